The van der Waals surface area contributed by atoms with Gasteiger partial charge < -0.3 is 4.90 Å². The van der Waals surface area contributed by atoms with Crippen LogP contribution in [0.15, 0.2) is 52.8 Å². The summed E-state index contributed by atoms with van der Waals surface area (Å²) >= 11 is 6.12. The highest BCUT2D eigenvalue weighted by atomic mass is 35.5. The summed E-state index contributed by atoms with van der Waals surface area (Å²) in [5.41, 5.74) is 3.65. The number of aromatic nitrogens is 2. The van der Waals surface area contributed by atoms with E-state index < -0.39 is 0 Å². The van der Waals surface area contributed by atoms with Crippen LogP contribution in [0.4, 0.5) is 17.2 Å². The summed E-state index contributed by atoms with van der Waals surface area (Å²) in [4.78, 5) is 6.69. The second-order valence-corrected chi connectivity index (χ2v) is 6.60. The first kappa shape index (κ1) is 16.5. The van der Waals surface area contributed by atoms with Gasteiger partial charge in [-0.3, -0.25) is 4.40 Å². The number of imidazole rings is 1. The van der Waals surface area contributed by atoms with E-state index in [4.69, 9.17) is 11.6 Å². The molecule has 0 aliphatic carbocycles. The minimum absolute atomic E-state index is 0.244. The molecule has 6 heteroatoms. The topological polar surface area (TPSA) is 45.3 Å². The van der Waals surface area contributed by atoms with Crippen LogP contribution in [0.2, 0.25) is 5.02 Å². The van der Waals surface area contributed by atoms with Crippen molar-refractivity contribution in [1.82, 2.24) is 9.38 Å². The highest BCUT2D eigenvalue weighted by Crippen LogP contribution is 2.30. The van der Waals surface area contributed by atoms with Crippen LogP contribution in [0.3, 0.4) is 0 Å². The van der Waals surface area contributed by atoms with E-state index in [0.29, 0.717) is 5.02 Å². The van der Waals surface area contributed by atoms with Crippen molar-refractivity contribution in [1.29, 1.82) is 0 Å². The number of hydrogen-bond acceptors (Lipinski definition) is 4. The standard InChI is InChI=1S/C18H20ClN5/c1-12(2)17-18(24-11-13(19)5-10-16(24)20-17)22-21-14-6-8-15(9-7-14)23(3)4/h5-12H,1-4H3. The van der Waals surface area contributed by atoms with E-state index in [0.717, 1.165) is 28.5 Å². The summed E-state index contributed by atoms with van der Waals surface area (Å²) in [5, 5.41) is 9.47. The van der Waals surface area contributed by atoms with Crippen molar-refractivity contribution in [3.05, 3.63) is 53.3 Å². The molecule has 124 valence electrons. The molecule has 0 unspecified atom stereocenters. The van der Waals surface area contributed by atoms with Gasteiger partial charge in [0.15, 0.2) is 5.82 Å². The van der Waals surface area contributed by atoms with Crippen LogP contribution < -0.4 is 4.90 Å². The Hall–Kier alpha value is -2.40. The Morgan fingerprint density at radius 2 is 1.75 bits per heavy atom. The van der Waals surface area contributed by atoms with E-state index in [9.17, 15) is 0 Å². The molecule has 0 bridgehead atoms. The third kappa shape index (κ3) is 3.26. The van der Waals surface area contributed by atoms with Crippen LogP contribution in [0, 0.1) is 0 Å². The quantitative estimate of drug-likeness (QED) is 0.580. The molecule has 24 heavy (non-hydrogen) atoms. The lowest BCUT2D eigenvalue weighted by atomic mass is 10.1. The van der Waals surface area contributed by atoms with Gasteiger partial charge in [-0.25, -0.2) is 4.98 Å². The highest BCUT2D eigenvalue weighted by Gasteiger charge is 2.15. The third-order valence-electron chi connectivity index (χ3n) is 3.76. The summed E-state index contributed by atoms with van der Waals surface area (Å²) in [6.45, 7) is 4.18. The van der Waals surface area contributed by atoms with Crippen molar-refractivity contribution in [2.75, 3.05) is 19.0 Å². The van der Waals surface area contributed by atoms with E-state index in [-0.39, 0.29) is 5.92 Å². The average Bonchev–Trinajstić information content (AvgIpc) is 2.91. The van der Waals surface area contributed by atoms with E-state index >= 15 is 0 Å². The van der Waals surface area contributed by atoms with Crippen LogP contribution >= 0.6 is 11.6 Å². The Balaban J connectivity index is 2.01. The molecule has 3 aromatic rings. The number of hydrogen-bond donors (Lipinski definition) is 0. The van der Waals surface area contributed by atoms with Gasteiger partial charge in [0.2, 0.25) is 0 Å². The van der Waals surface area contributed by atoms with Crippen LogP contribution in [0.5, 0.6) is 0 Å². The monoisotopic (exact) mass is 341 g/mol. The van der Waals surface area contributed by atoms with Gasteiger partial charge in [-0.15, -0.1) is 10.2 Å². The fourth-order valence-corrected chi connectivity index (χ4v) is 2.59. The molecule has 0 aliphatic rings. The van der Waals surface area contributed by atoms with Crippen LogP contribution in [-0.4, -0.2) is 23.5 Å². The van der Waals surface area contributed by atoms with Crippen molar-refractivity contribution < 1.29 is 0 Å². The van der Waals surface area contributed by atoms with Gasteiger partial charge >= 0.3 is 0 Å². The summed E-state index contributed by atoms with van der Waals surface area (Å²) in [5.74, 6) is 0.966. The van der Waals surface area contributed by atoms with Crippen LogP contribution in [0.1, 0.15) is 25.5 Å². The average molecular weight is 342 g/mol. The maximum absolute atomic E-state index is 6.12. The molecule has 0 saturated heterocycles. The Morgan fingerprint density at radius 3 is 2.38 bits per heavy atom. The van der Waals surface area contributed by atoms with E-state index in [1.807, 2.05) is 66.0 Å². The van der Waals surface area contributed by atoms with Gasteiger partial charge in [0, 0.05) is 26.0 Å². The smallest absolute Gasteiger partial charge is 0.183 e. The number of fused-ring (bicyclic) bond motifs is 1. The zero-order valence-electron chi connectivity index (χ0n) is 14.2. The molecule has 0 saturated carbocycles. The number of pyridine rings is 1. The van der Waals surface area contributed by atoms with Crippen LogP contribution in [-0.2, 0) is 0 Å². The number of halogens is 1. The molecule has 2 heterocycles. The van der Waals surface area contributed by atoms with E-state index in [1.165, 1.54) is 0 Å². The Bertz CT molecular complexity index is 878. The predicted octanol–water partition coefficient (Wildman–Crippen LogP) is 5.59. The zero-order chi connectivity index (χ0) is 17.3. The number of anilines is 1. The zero-order valence-corrected chi connectivity index (χ0v) is 15.0. The molecule has 1 aromatic carbocycles. The lowest BCUT2D eigenvalue weighted by molar-refractivity contribution is 0.831. The molecule has 5 nitrogen and oxygen atoms in total. The molecule has 0 fully saturated rings. The molecule has 3 rings (SSSR count). The second kappa shape index (κ2) is 6.61. The molecule has 0 aliphatic heterocycles. The Labute approximate surface area is 146 Å². The minimum Gasteiger partial charge on any atom is -0.378 e. The molecule has 0 radical (unpaired) electrons. The first-order valence-electron chi connectivity index (χ1n) is 7.82. The maximum Gasteiger partial charge on any atom is 0.183 e. The molecular weight excluding hydrogens is 322 g/mol. The number of benzene rings is 1. The first-order valence-corrected chi connectivity index (χ1v) is 8.20. The molecular formula is C18H20ClN5. The minimum atomic E-state index is 0.244. The predicted molar refractivity (Wildman–Crippen MR) is 99.2 cm³/mol. The Morgan fingerprint density at radius 1 is 1.04 bits per heavy atom. The molecule has 0 spiro atoms. The molecule has 2 aromatic heterocycles. The van der Waals surface area contributed by atoms with Crippen molar-refractivity contribution in [3.8, 4) is 0 Å². The van der Waals surface area contributed by atoms with Gasteiger partial charge in [-0.1, -0.05) is 25.4 Å². The van der Waals surface area contributed by atoms with E-state index in [1.54, 1.807) is 0 Å². The summed E-state index contributed by atoms with van der Waals surface area (Å²) in [6.07, 6.45) is 1.82. The molecule has 0 atom stereocenters. The molecule has 0 N–H and O–H groups in total. The summed E-state index contributed by atoms with van der Waals surface area (Å²) < 4.78 is 1.88. The fourth-order valence-electron chi connectivity index (χ4n) is 2.43. The van der Waals surface area contributed by atoms with Crippen molar-refractivity contribution in [2.45, 2.75) is 19.8 Å². The lowest BCUT2D eigenvalue weighted by Gasteiger charge is -2.11. The summed E-state index contributed by atoms with van der Waals surface area (Å²) in [6, 6.07) is 11.6. The number of rotatable bonds is 4. The van der Waals surface area contributed by atoms with Gasteiger partial charge in [-0.2, -0.15) is 0 Å². The van der Waals surface area contributed by atoms with Gasteiger partial charge in [0.1, 0.15) is 5.65 Å². The van der Waals surface area contributed by atoms with Gasteiger partial charge in [-0.05, 0) is 42.3 Å². The van der Waals surface area contributed by atoms with Crippen molar-refractivity contribution in [2.24, 2.45) is 10.2 Å². The van der Waals surface area contributed by atoms with Crippen LogP contribution in [0.25, 0.3) is 5.65 Å². The normalized spacial score (nSPS) is 11.8. The summed E-state index contributed by atoms with van der Waals surface area (Å²) in [7, 11) is 4.02. The largest absolute Gasteiger partial charge is 0.378 e. The number of nitrogens with zero attached hydrogens (tertiary/aromatic N) is 5. The highest BCUT2D eigenvalue weighted by molar-refractivity contribution is 6.30. The van der Waals surface area contributed by atoms with Gasteiger partial charge in [0.25, 0.3) is 0 Å². The Kier molecular flexibility index (Phi) is 4.53. The van der Waals surface area contributed by atoms with Crippen molar-refractivity contribution >= 4 is 34.4 Å². The van der Waals surface area contributed by atoms with E-state index in [2.05, 4.69) is 29.1 Å². The number of azo groups is 1. The SMILES string of the molecule is CC(C)c1nc2ccc(Cl)cn2c1N=Nc1ccc(N(C)C)cc1. The maximum atomic E-state index is 6.12. The van der Waals surface area contributed by atoms with Crippen molar-refractivity contribution in [3.63, 3.8) is 0 Å². The van der Waals surface area contributed by atoms with Gasteiger partial charge in [0.05, 0.1) is 16.4 Å². The lowest BCUT2D eigenvalue weighted by Crippen LogP contribution is -2.07. The fraction of sp³-hybridized carbons (Fsp3) is 0.278. The third-order valence-corrected chi connectivity index (χ3v) is 3.98. The second-order valence-electron chi connectivity index (χ2n) is 6.16. The first-order chi connectivity index (χ1) is 11.5. The molecule has 0 amide bonds.